The molecule has 5 rings (SSSR count). The van der Waals surface area contributed by atoms with Crippen molar-refractivity contribution < 1.29 is 19.0 Å². The van der Waals surface area contributed by atoms with Gasteiger partial charge in [-0.05, 0) is 67.9 Å². The number of ether oxygens (including phenoxy) is 3. The third kappa shape index (κ3) is 3.16. The molecule has 0 aliphatic heterocycles. The van der Waals surface area contributed by atoms with Crippen LogP contribution in [0.3, 0.4) is 0 Å². The zero-order valence-corrected chi connectivity index (χ0v) is 16.4. The lowest BCUT2D eigenvalue weighted by Gasteiger charge is -2.60. The van der Waals surface area contributed by atoms with Gasteiger partial charge in [0.1, 0.15) is 0 Å². The van der Waals surface area contributed by atoms with Gasteiger partial charge in [-0.3, -0.25) is 4.79 Å². The van der Waals surface area contributed by atoms with E-state index >= 15 is 0 Å². The van der Waals surface area contributed by atoms with E-state index in [0.29, 0.717) is 23.7 Å². The van der Waals surface area contributed by atoms with E-state index in [2.05, 4.69) is 15.9 Å². The van der Waals surface area contributed by atoms with E-state index in [1.165, 1.54) is 19.3 Å². The highest BCUT2D eigenvalue weighted by Gasteiger charge is 2.57. The highest BCUT2D eigenvalue weighted by atomic mass is 79.9. The van der Waals surface area contributed by atoms with E-state index in [0.717, 1.165) is 31.1 Å². The van der Waals surface area contributed by atoms with Gasteiger partial charge >= 0.3 is 5.97 Å². The third-order valence-electron chi connectivity index (χ3n) is 6.23. The first kappa shape index (κ1) is 17.2. The van der Waals surface area contributed by atoms with E-state index in [9.17, 15) is 4.79 Å². The summed E-state index contributed by atoms with van der Waals surface area (Å²) in [5, 5.41) is 0. The van der Waals surface area contributed by atoms with Gasteiger partial charge in [0.15, 0.2) is 11.5 Å². The molecule has 4 bridgehead atoms. The topological polar surface area (TPSA) is 44.8 Å². The van der Waals surface area contributed by atoms with Crippen LogP contribution in [-0.4, -0.2) is 24.5 Å². The Hall–Kier alpha value is -1.23. The Balaban J connectivity index is 1.52. The van der Waals surface area contributed by atoms with Gasteiger partial charge in [-0.2, -0.15) is 0 Å². The van der Waals surface area contributed by atoms with Crippen molar-refractivity contribution in [1.82, 2.24) is 0 Å². The van der Waals surface area contributed by atoms with Gasteiger partial charge in [0.25, 0.3) is 0 Å². The number of halogens is 1. The zero-order valence-electron chi connectivity index (χ0n) is 14.8. The fourth-order valence-electron chi connectivity index (χ4n) is 5.92. The molecule has 25 heavy (non-hydrogen) atoms. The summed E-state index contributed by atoms with van der Waals surface area (Å²) in [5.41, 5.74) is 0.0971. The van der Waals surface area contributed by atoms with Crippen molar-refractivity contribution in [3.63, 3.8) is 0 Å². The number of hydrogen-bond donors (Lipinski definition) is 0. The molecule has 0 N–H and O–H groups in total. The van der Waals surface area contributed by atoms with E-state index < -0.39 is 0 Å². The molecule has 0 aromatic heterocycles. The summed E-state index contributed by atoms with van der Waals surface area (Å²) in [7, 11) is 3.14. The standard InChI is InChI=1S/C20H25BrO4/c1-23-15-4-3-5-16(24-2)18(15)25-17(22)11-19-7-13-6-14(8-19)10-20(21,9-13)12-19/h3-5,13-14H,6-12H2,1-2H3/t13-,14+,19?,20?. The fraction of sp³-hybridized carbons (Fsp3) is 0.650. The molecule has 4 nitrogen and oxygen atoms in total. The summed E-state index contributed by atoms with van der Waals surface area (Å²) in [6.07, 6.45) is 7.76. The van der Waals surface area contributed by atoms with E-state index in [1.54, 1.807) is 26.4 Å². The molecular weight excluding hydrogens is 384 g/mol. The first-order valence-electron chi connectivity index (χ1n) is 9.05. The highest BCUT2D eigenvalue weighted by Crippen LogP contribution is 2.65. The predicted molar refractivity (Wildman–Crippen MR) is 98.6 cm³/mol. The van der Waals surface area contributed by atoms with Crippen molar-refractivity contribution in [2.45, 2.75) is 49.3 Å². The lowest BCUT2D eigenvalue weighted by Crippen LogP contribution is -2.53. The molecule has 1 aromatic carbocycles. The first-order valence-corrected chi connectivity index (χ1v) is 9.84. The van der Waals surface area contributed by atoms with Crippen molar-refractivity contribution in [3.8, 4) is 17.2 Å². The normalized spacial score (nSPS) is 35.5. The monoisotopic (exact) mass is 408 g/mol. The number of esters is 1. The third-order valence-corrected chi connectivity index (χ3v) is 7.16. The average Bonchev–Trinajstić information content (AvgIpc) is 2.52. The van der Waals surface area contributed by atoms with Gasteiger partial charge in [-0.25, -0.2) is 0 Å². The van der Waals surface area contributed by atoms with Crippen molar-refractivity contribution >= 4 is 21.9 Å². The fourth-order valence-corrected chi connectivity index (χ4v) is 7.43. The summed E-state index contributed by atoms with van der Waals surface area (Å²) < 4.78 is 16.6. The van der Waals surface area contributed by atoms with Crippen LogP contribution in [0.5, 0.6) is 17.2 Å². The number of alkyl halides is 1. The second-order valence-electron chi connectivity index (χ2n) is 8.25. The molecule has 4 fully saturated rings. The van der Waals surface area contributed by atoms with Crippen molar-refractivity contribution in [1.29, 1.82) is 0 Å². The Morgan fingerprint density at radius 2 is 1.72 bits per heavy atom. The van der Waals surface area contributed by atoms with Gasteiger partial charge in [-0.1, -0.05) is 22.0 Å². The van der Waals surface area contributed by atoms with Crippen LogP contribution in [0.15, 0.2) is 18.2 Å². The summed E-state index contributed by atoms with van der Waals surface area (Å²) >= 11 is 4.00. The van der Waals surface area contributed by atoms with Gasteiger partial charge in [0, 0.05) is 4.32 Å². The largest absolute Gasteiger partial charge is 0.493 e. The smallest absolute Gasteiger partial charge is 0.312 e. The number of carbonyl (C=O) groups is 1. The minimum atomic E-state index is -0.180. The highest BCUT2D eigenvalue weighted by molar-refractivity contribution is 9.10. The van der Waals surface area contributed by atoms with Crippen LogP contribution in [0.4, 0.5) is 0 Å². The first-order chi connectivity index (χ1) is 11.9. The van der Waals surface area contributed by atoms with Gasteiger partial charge in [-0.15, -0.1) is 0 Å². The molecular formula is C20H25BrO4. The summed E-state index contributed by atoms with van der Waals surface area (Å²) in [4.78, 5) is 12.8. The van der Waals surface area contributed by atoms with Crippen LogP contribution >= 0.6 is 15.9 Å². The second-order valence-corrected chi connectivity index (χ2v) is 9.94. The van der Waals surface area contributed by atoms with Gasteiger partial charge in [0.05, 0.1) is 20.6 Å². The van der Waals surface area contributed by atoms with Crippen LogP contribution < -0.4 is 14.2 Å². The number of benzene rings is 1. The van der Waals surface area contributed by atoms with E-state index in [-0.39, 0.29) is 15.7 Å². The molecule has 0 spiro atoms. The molecule has 5 heteroatoms. The molecule has 0 amide bonds. The lowest BCUT2D eigenvalue weighted by atomic mass is 9.49. The minimum Gasteiger partial charge on any atom is -0.493 e. The van der Waals surface area contributed by atoms with Crippen molar-refractivity contribution in [2.75, 3.05) is 14.2 Å². The summed E-state index contributed by atoms with van der Waals surface area (Å²) in [6.45, 7) is 0. The molecule has 0 radical (unpaired) electrons. The summed E-state index contributed by atoms with van der Waals surface area (Å²) in [6, 6.07) is 5.38. The quantitative estimate of drug-likeness (QED) is 0.401. The Morgan fingerprint density at radius 1 is 1.12 bits per heavy atom. The maximum Gasteiger partial charge on any atom is 0.312 e. The molecule has 4 saturated carbocycles. The van der Waals surface area contributed by atoms with Crippen LogP contribution in [0.1, 0.15) is 44.9 Å². The SMILES string of the molecule is COc1cccc(OC)c1OC(=O)CC12C[C@@H]3C[C@@H](CC(Br)(C3)C1)C2. The van der Waals surface area contributed by atoms with E-state index in [1.807, 2.05) is 6.07 Å². The predicted octanol–water partition coefficient (Wildman–Crippen LogP) is 4.73. The van der Waals surface area contributed by atoms with Crippen LogP contribution in [0.25, 0.3) is 0 Å². The van der Waals surface area contributed by atoms with Crippen LogP contribution in [0, 0.1) is 17.3 Å². The second kappa shape index (κ2) is 6.19. The zero-order chi connectivity index (χ0) is 17.7. The molecule has 0 saturated heterocycles. The molecule has 4 aliphatic carbocycles. The molecule has 2 unspecified atom stereocenters. The molecule has 136 valence electrons. The van der Waals surface area contributed by atoms with Gasteiger partial charge in [0.2, 0.25) is 5.75 Å². The maximum absolute atomic E-state index is 12.8. The van der Waals surface area contributed by atoms with Crippen molar-refractivity contribution in [2.24, 2.45) is 17.3 Å². The van der Waals surface area contributed by atoms with E-state index in [4.69, 9.17) is 14.2 Å². The maximum atomic E-state index is 12.8. The summed E-state index contributed by atoms with van der Waals surface area (Å²) in [5.74, 6) is 2.77. The number of methoxy groups -OCH3 is 2. The van der Waals surface area contributed by atoms with Crippen molar-refractivity contribution in [3.05, 3.63) is 18.2 Å². The Kier molecular flexibility index (Phi) is 4.25. The average molecular weight is 409 g/mol. The Bertz CT molecular complexity index is 650. The van der Waals surface area contributed by atoms with Crippen LogP contribution in [0.2, 0.25) is 0 Å². The Labute approximate surface area is 157 Å². The van der Waals surface area contributed by atoms with Crippen LogP contribution in [-0.2, 0) is 4.79 Å². The molecule has 0 heterocycles. The number of para-hydroxylation sites is 1. The molecule has 4 atom stereocenters. The molecule has 1 aromatic rings. The minimum absolute atomic E-state index is 0.0971. The van der Waals surface area contributed by atoms with Gasteiger partial charge < -0.3 is 14.2 Å². The number of carbonyl (C=O) groups excluding carboxylic acids is 1. The number of hydrogen-bond acceptors (Lipinski definition) is 4. The number of rotatable bonds is 5. The molecule has 4 aliphatic rings. The lowest BCUT2D eigenvalue weighted by molar-refractivity contribution is -0.141. The Morgan fingerprint density at radius 3 is 2.24 bits per heavy atom.